The van der Waals surface area contributed by atoms with Crippen LogP contribution in [0.4, 0.5) is 11.9 Å². The van der Waals surface area contributed by atoms with Gasteiger partial charge in [0.15, 0.2) is 11.6 Å². The minimum absolute atomic E-state index is 0.0111. The quantitative estimate of drug-likeness (QED) is 0.334. The van der Waals surface area contributed by atoms with Crippen molar-refractivity contribution in [3.8, 4) is 11.5 Å². The molecule has 210 valence electrons. The number of carbonyl (C=O) groups excluding carboxylic acids is 2. The van der Waals surface area contributed by atoms with Gasteiger partial charge in [-0.05, 0) is 49.9 Å². The van der Waals surface area contributed by atoms with E-state index in [4.69, 9.17) is 16.2 Å². The number of nitrogens with two attached hydrogens (primary N) is 2. The normalized spacial score (nSPS) is 17.6. The Morgan fingerprint density at radius 1 is 0.707 bits per heavy atom. The number of para-hydroxylation sites is 2. The summed E-state index contributed by atoms with van der Waals surface area (Å²) in [6.45, 7) is 3.58. The van der Waals surface area contributed by atoms with E-state index in [-0.39, 0.29) is 41.0 Å². The van der Waals surface area contributed by atoms with Crippen LogP contribution in [0.3, 0.4) is 0 Å². The maximum absolute atomic E-state index is 12.4. The number of hydrogen-bond donors (Lipinski definition) is 3. The number of phenols is 1. The van der Waals surface area contributed by atoms with Crippen molar-refractivity contribution in [1.82, 2.24) is 19.9 Å². The number of aromatic hydroxyl groups is 1. The molecule has 41 heavy (non-hydrogen) atoms. The van der Waals surface area contributed by atoms with Crippen LogP contribution in [0.5, 0.6) is 11.5 Å². The minimum Gasteiger partial charge on any atom is -0.508 e. The number of phenolic OH excluding ortho intramolecular Hbond substituents is 1. The van der Waals surface area contributed by atoms with E-state index in [0.717, 1.165) is 22.6 Å². The number of hydrogen-bond acceptors (Lipinski definition) is 10. The third kappa shape index (κ3) is 5.58. The van der Waals surface area contributed by atoms with Crippen molar-refractivity contribution in [3.63, 3.8) is 0 Å². The van der Waals surface area contributed by atoms with Gasteiger partial charge in [-0.15, -0.1) is 0 Å². The van der Waals surface area contributed by atoms with Crippen LogP contribution in [0, 0.1) is 13.8 Å². The highest BCUT2D eigenvalue weighted by Gasteiger charge is 2.32. The van der Waals surface area contributed by atoms with Crippen molar-refractivity contribution >= 4 is 23.5 Å². The predicted molar refractivity (Wildman–Crippen MR) is 154 cm³/mol. The molecular weight excluding hydrogens is 520 g/mol. The Labute approximate surface area is 237 Å². The fraction of sp³-hybridized carbons (Fsp3) is 0.290. The molecule has 2 aliphatic carbocycles. The molecule has 2 aliphatic rings. The van der Waals surface area contributed by atoms with Gasteiger partial charge in [0.1, 0.15) is 11.5 Å². The monoisotopic (exact) mass is 552 g/mol. The number of ketones is 2. The molecule has 2 aromatic carbocycles. The van der Waals surface area contributed by atoms with Gasteiger partial charge in [-0.3, -0.25) is 9.59 Å². The Hall–Kier alpha value is -4.86. The molecule has 0 saturated carbocycles. The highest BCUT2D eigenvalue weighted by atomic mass is 16.5. The van der Waals surface area contributed by atoms with Crippen LogP contribution < -0.4 is 16.2 Å². The van der Waals surface area contributed by atoms with Crippen molar-refractivity contribution in [2.75, 3.05) is 18.6 Å². The standard InChI is InChI=1S/C16H17N3O2.C15H15N3O2/c1-9-15-12(19-16(17)18-9)7-10(8-13(15)20)11-5-3-4-6-14(11)21-2;1-8-14-11(18-15(16)17-8)6-9(7-13(14)20)10-4-2-3-5-12(10)19/h3-6,10H,7-8H2,1-2H3,(H2,17,18,19);2-5,9,19H,6-7H2,1H3,(H2,16,17,18). The first-order valence-corrected chi connectivity index (χ1v) is 13.4. The summed E-state index contributed by atoms with van der Waals surface area (Å²) in [7, 11) is 1.64. The zero-order valence-corrected chi connectivity index (χ0v) is 23.2. The van der Waals surface area contributed by atoms with E-state index in [1.54, 1.807) is 33.1 Å². The number of nitrogens with zero attached hydrogens (tertiary/aromatic N) is 4. The van der Waals surface area contributed by atoms with Gasteiger partial charge in [-0.25, -0.2) is 19.9 Å². The highest BCUT2D eigenvalue weighted by Crippen LogP contribution is 2.38. The Kier molecular flexibility index (Phi) is 7.65. The lowest BCUT2D eigenvalue weighted by Crippen LogP contribution is -2.23. The second-order valence-electron chi connectivity index (χ2n) is 10.3. The zero-order chi connectivity index (χ0) is 29.3. The highest BCUT2D eigenvalue weighted by molar-refractivity contribution is 6.00. The lowest BCUT2D eigenvalue weighted by Gasteiger charge is -2.25. The number of ether oxygens (including phenoxy) is 1. The zero-order valence-electron chi connectivity index (χ0n) is 23.2. The summed E-state index contributed by atoms with van der Waals surface area (Å²) < 4.78 is 5.40. The number of nitrogen functional groups attached to an aromatic ring is 2. The van der Waals surface area contributed by atoms with Gasteiger partial charge < -0.3 is 21.3 Å². The molecule has 2 unspecified atom stereocenters. The number of Topliss-reactive ketones (excluding diaryl/α,β-unsaturated/α-hetero) is 2. The third-order valence-electron chi connectivity index (χ3n) is 7.62. The van der Waals surface area contributed by atoms with Crippen LogP contribution in [-0.2, 0) is 12.8 Å². The van der Waals surface area contributed by atoms with Crippen molar-refractivity contribution < 1.29 is 19.4 Å². The van der Waals surface area contributed by atoms with Crippen LogP contribution in [0.25, 0.3) is 0 Å². The lowest BCUT2D eigenvalue weighted by atomic mass is 9.81. The molecule has 2 aromatic heterocycles. The maximum atomic E-state index is 12.4. The van der Waals surface area contributed by atoms with E-state index in [1.807, 2.05) is 36.4 Å². The molecule has 0 fully saturated rings. The fourth-order valence-corrected chi connectivity index (χ4v) is 5.87. The molecular formula is C31H32N6O4. The van der Waals surface area contributed by atoms with Crippen LogP contribution in [0.2, 0.25) is 0 Å². The molecule has 10 nitrogen and oxygen atoms in total. The number of methoxy groups -OCH3 is 1. The molecule has 0 bridgehead atoms. The molecule has 5 N–H and O–H groups in total. The van der Waals surface area contributed by atoms with E-state index in [1.165, 1.54) is 0 Å². The Morgan fingerprint density at radius 3 is 1.68 bits per heavy atom. The Balaban J connectivity index is 0.000000165. The third-order valence-corrected chi connectivity index (χ3v) is 7.62. The molecule has 0 spiro atoms. The summed E-state index contributed by atoms with van der Waals surface area (Å²) in [6.07, 6.45) is 2.07. The second-order valence-corrected chi connectivity index (χ2v) is 10.3. The molecule has 2 heterocycles. The number of fused-ring (bicyclic) bond motifs is 2. The second kappa shape index (κ2) is 11.3. The largest absolute Gasteiger partial charge is 0.508 e. The summed E-state index contributed by atoms with van der Waals surface area (Å²) in [6, 6.07) is 14.9. The first-order chi connectivity index (χ1) is 19.7. The molecule has 0 saturated heterocycles. The van der Waals surface area contributed by atoms with Gasteiger partial charge >= 0.3 is 0 Å². The smallest absolute Gasteiger partial charge is 0.220 e. The number of aromatic nitrogens is 4. The summed E-state index contributed by atoms with van der Waals surface area (Å²) in [5.74, 6) is 1.51. The summed E-state index contributed by atoms with van der Waals surface area (Å²) in [5.41, 5.74) is 17.1. The topological polar surface area (TPSA) is 167 Å². The lowest BCUT2D eigenvalue weighted by molar-refractivity contribution is 0.0953. The first kappa shape index (κ1) is 27.7. The Morgan fingerprint density at radius 2 is 1.17 bits per heavy atom. The van der Waals surface area contributed by atoms with Gasteiger partial charge in [0.25, 0.3) is 0 Å². The number of benzene rings is 2. The molecule has 6 rings (SSSR count). The van der Waals surface area contributed by atoms with E-state index >= 15 is 0 Å². The maximum Gasteiger partial charge on any atom is 0.220 e. The van der Waals surface area contributed by atoms with Gasteiger partial charge in [0.2, 0.25) is 11.9 Å². The summed E-state index contributed by atoms with van der Waals surface area (Å²) in [4.78, 5) is 41.3. The molecule has 4 aromatic rings. The number of carbonyl (C=O) groups is 2. The number of anilines is 2. The van der Waals surface area contributed by atoms with E-state index in [2.05, 4.69) is 19.9 Å². The van der Waals surface area contributed by atoms with E-state index in [0.29, 0.717) is 53.9 Å². The van der Waals surface area contributed by atoms with Gasteiger partial charge in [-0.1, -0.05) is 36.4 Å². The van der Waals surface area contributed by atoms with Crippen molar-refractivity contribution in [2.24, 2.45) is 0 Å². The summed E-state index contributed by atoms with van der Waals surface area (Å²) >= 11 is 0. The van der Waals surface area contributed by atoms with Crippen molar-refractivity contribution in [3.05, 3.63) is 93.6 Å². The molecule has 0 aliphatic heterocycles. The average molecular weight is 553 g/mol. The average Bonchev–Trinajstić information content (AvgIpc) is 2.92. The van der Waals surface area contributed by atoms with Crippen molar-refractivity contribution in [1.29, 1.82) is 0 Å². The molecule has 0 amide bonds. The minimum atomic E-state index is -0.0649. The summed E-state index contributed by atoms with van der Waals surface area (Å²) in [5, 5.41) is 9.94. The number of rotatable bonds is 3. The van der Waals surface area contributed by atoms with E-state index < -0.39 is 0 Å². The molecule has 0 radical (unpaired) electrons. The van der Waals surface area contributed by atoms with Crippen molar-refractivity contribution in [2.45, 2.75) is 51.4 Å². The van der Waals surface area contributed by atoms with Crippen LogP contribution in [0.15, 0.2) is 48.5 Å². The molecule has 2 atom stereocenters. The van der Waals surface area contributed by atoms with Crippen LogP contribution >= 0.6 is 0 Å². The predicted octanol–water partition coefficient (Wildman–Crippen LogP) is 4.27. The van der Waals surface area contributed by atoms with Gasteiger partial charge in [0, 0.05) is 24.7 Å². The van der Waals surface area contributed by atoms with Crippen LogP contribution in [-0.4, -0.2) is 43.7 Å². The molecule has 10 heteroatoms. The van der Waals surface area contributed by atoms with Gasteiger partial charge in [-0.2, -0.15) is 0 Å². The first-order valence-electron chi connectivity index (χ1n) is 13.4. The fourth-order valence-electron chi connectivity index (χ4n) is 5.87. The van der Waals surface area contributed by atoms with Gasteiger partial charge in [0.05, 0.1) is 41.0 Å². The number of aryl methyl sites for hydroxylation is 2. The SMILES string of the molecule is COc1ccccc1C1CC(=O)c2c(C)nc(N)nc2C1.Cc1nc(N)nc2c1C(=O)CC(c1ccccc1O)C2. The van der Waals surface area contributed by atoms with E-state index in [9.17, 15) is 14.7 Å². The van der Waals surface area contributed by atoms with Crippen LogP contribution in [0.1, 0.15) is 79.3 Å². The Bertz CT molecular complexity index is 1650.